The lowest BCUT2D eigenvalue weighted by atomic mass is 10.1. The summed E-state index contributed by atoms with van der Waals surface area (Å²) < 4.78 is 14.9. The van der Waals surface area contributed by atoms with E-state index < -0.39 is 11.8 Å². The lowest BCUT2D eigenvalue weighted by Crippen LogP contribution is -2.02. The maximum atomic E-state index is 13.3. The minimum Gasteiger partial charge on any atom is -0.478 e. The fraction of sp³-hybridized carbons (Fsp3) is 0.143. The van der Waals surface area contributed by atoms with Gasteiger partial charge in [0.2, 0.25) is 0 Å². The summed E-state index contributed by atoms with van der Waals surface area (Å²) in [6, 6.07) is 6.08. The van der Waals surface area contributed by atoms with Crippen molar-refractivity contribution in [3.63, 3.8) is 0 Å². The van der Waals surface area contributed by atoms with Crippen LogP contribution in [0.15, 0.2) is 30.3 Å². The van der Waals surface area contributed by atoms with Crippen LogP contribution in [0.5, 0.6) is 0 Å². The first-order valence-electron chi connectivity index (χ1n) is 5.71. The molecular formula is C14H13FN2O2. The van der Waals surface area contributed by atoms with Crippen LogP contribution in [0.2, 0.25) is 0 Å². The molecule has 2 aromatic rings. The average Bonchev–Trinajstić information content (AvgIpc) is 2.66. The van der Waals surface area contributed by atoms with E-state index in [4.69, 9.17) is 5.11 Å². The maximum absolute atomic E-state index is 13.3. The first kappa shape index (κ1) is 13.0. The van der Waals surface area contributed by atoms with Gasteiger partial charge in [0.05, 0.1) is 11.4 Å². The van der Waals surface area contributed by atoms with Gasteiger partial charge in [-0.15, -0.1) is 0 Å². The Morgan fingerprint density at radius 2 is 2.11 bits per heavy atom. The molecule has 0 bridgehead atoms. The van der Waals surface area contributed by atoms with E-state index in [0.29, 0.717) is 11.3 Å². The van der Waals surface area contributed by atoms with Gasteiger partial charge in [-0.1, -0.05) is 0 Å². The molecule has 0 saturated carbocycles. The van der Waals surface area contributed by atoms with Gasteiger partial charge in [-0.3, -0.25) is 0 Å². The van der Waals surface area contributed by atoms with Crippen LogP contribution in [-0.2, 0) is 4.79 Å². The van der Waals surface area contributed by atoms with Crippen molar-refractivity contribution in [3.8, 4) is 5.69 Å². The van der Waals surface area contributed by atoms with Gasteiger partial charge in [0.15, 0.2) is 0 Å². The number of benzene rings is 1. The molecule has 0 aliphatic heterocycles. The zero-order valence-electron chi connectivity index (χ0n) is 10.6. The number of aryl methyl sites for hydroxylation is 2. The zero-order valence-corrected chi connectivity index (χ0v) is 10.6. The normalized spacial score (nSPS) is 11.1. The lowest BCUT2D eigenvalue weighted by molar-refractivity contribution is -0.131. The Kier molecular flexibility index (Phi) is 3.46. The van der Waals surface area contributed by atoms with E-state index in [0.717, 1.165) is 17.5 Å². The van der Waals surface area contributed by atoms with Crippen LogP contribution in [-0.4, -0.2) is 20.9 Å². The average molecular weight is 260 g/mol. The number of hydrogen-bond acceptors (Lipinski definition) is 2. The third kappa shape index (κ3) is 2.88. The number of halogens is 1. The van der Waals surface area contributed by atoms with Gasteiger partial charge in [0.25, 0.3) is 0 Å². The van der Waals surface area contributed by atoms with Crippen molar-refractivity contribution >= 4 is 12.0 Å². The number of rotatable bonds is 3. The number of carboxylic acid groups (broad SMARTS) is 1. The largest absolute Gasteiger partial charge is 0.478 e. The second-order valence-corrected chi connectivity index (χ2v) is 4.21. The molecule has 1 aromatic carbocycles. The quantitative estimate of drug-likeness (QED) is 0.863. The molecule has 0 radical (unpaired) electrons. The molecule has 5 heteroatoms. The van der Waals surface area contributed by atoms with Gasteiger partial charge in [-0.2, -0.15) is 5.10 Å². The van der Waals surface area contributed by atoms with Gasteiger partial charge in [-0.05, 0) is 44.2 Å². The molecule has 0 aliphatic rings. The lowest BCUT2D eigenvalue weighted by Gasteiger charge is -2.08. The summed E-state index contributed by atoms with van der Waals surface area (Å²) in [5.74, 6) is -1.50. The molecule has 0 amide bonds. The fourth-order valence-corrected chi connectivity index (χ4v) is 1.89. The minimum absolute atomic E-state index is 0.421. The van der Waals surface area contributed by atoms with E-state index >= 15 is 0 Å². The minimum atomic E-state index is -1.08. The van der Waals surface area contributed by atoms with Crippen LogP contribution in [0, 0.1) is 19.7 Å². The Hall–Kier alpha value is -2.43. The first-order chi connectivity index (χ1) is 8.97. The van der Waals surface area contributed by atoms with Gasteiger partial charge in [0, 0.05) is 17.3 Å². The summed E-state index contributed by atoms with van der Waals surface area (Å²) in [6.07, 6.45) is 2.33. The summed E-state index contributed by atoms with van der Waals surface area (Å²) in [7, 11) is 0. The molecule has 0 spiro atoms. The predicted octanol–water partition coefficient (Wildman–Crippen LogP) is 2.73. The Labute approximate surface area is 109 Å². The Morgan fingerprint density at radius 3 is 2.68 bits per heavy atom. The monoisotopic (exact) mass is 260 g/mol. The van der Waals surface area contributed by atoms with Crippen LogP contribution in [0.25, 0.3) is 11.8 Å². The third-order valence-corrected chi connectivity index (χ3v) is 2.63. The smallest absolute Gasteiger partial charge is 0.328 e. The SMILES string of the molecule is Cc1cc(C)n(-c2ccc(F)cc2/C=C/C(=O)O)n1. The molecule has 1 aromatic heterocycles. The molecule has 2 rings (SSSR count). The molecule has 0 aliphatic carbocycles. The van der Waals surface area contributed by atoms with Crippen LogP contribution in [0.3, 0.4) is 0 Å². The van der Waals surface area contributed by atoms with E-state index in [9.17, 15) is 9.18 Å². The molecular weight excluding hydrogens is 247 g/mol. The summed E-state index contributed by atoms with van der Waals surface area (Å²) in [4.78, 5) is 10.6. The van der Waals surface area contributed by atoms with Crippen LogP contribution in [0.1, 0.15) is 17.0 Å². The number of carboxylic acids is 1. The number of nitrogens with zero attached hydrogens (tertiary/aromatic N) is 2. The summed E-state index contributed by atoms with van der Waals surface area (Å²) >= 11 is 0. The van der Waals surface area contributed by atoms with Gasteiger partial charge < -0.3 is 5.11 Å². The van der Waals surface area contributed by atoms with Crippen molar-refractivity contribution in [2.45, 2.75) is 13.8 Å². The molecule has 19 heavy (non-hydrogen) atoms. The van der Waals surface area contributed by atoms with Crippen molar-refractivity contribution < 1.29 is 14.3 Å². The molecule has 1 N–H and O–H groups in total. The third-order valence-electron chi connectivity index (χ3n) is 2.63. The number of carbonyl (C=O) groups is 1. The van der Waals surface area contributed by atoms with E-state index in [1.807, 2.05) is 19.9 Å². The van der Waals surface area contributed by atoms with Crippen molar-refractivity contribution in [1.29, 1.82) is 0 Å². The van der Waals surface area contributed by atoms with Gasteiger partial charge in [-0.25, -0.2) is 13.9 Å². The zero-order chi connectivity index (χ0) is 14.0. The second-order valence-electron chi connectivity index (χ2n) is 4.21. The van der Waals surface area contributed by atoms with Gasteiger partial charge >= 0.3 is 5.97 Å². The maximum Gasteiger partial charge on any atom is 0.328 e. The van der Waals surface area contributed by atoms with Gasteiger partial charge in [0.1, 0.15) is 5.82 Å². The Bertz CT molecular complexity index is 659. The second kappa shape index (κ2) is 5.06. The van der Waals surface area contributed by atoms with Crippen molar-refractivity contribution in [2.24, 2.45) is 0 Å². The topological polar surface area (TPSA) is 55.1 Å². The molecule has 0 saturated heterocycles. The first-order valence-corrected chi connectivity index (χ1v) is 5.71. The van der Waals surface area contributed by atoms with Crippen molar-refractivity contribution in [3.05, 3.63) is 53.1 Å². The molecule has 98 valence electrons. The van der Waals surface area contributed by atoms with E-state index in [1.54, 1.807) is 10.7 Å². The highest BCUT2D eigenvalue weighted by molar-refractivity contribution is 5.86. The highest BCUT2D eigenvalue weighted by atomic mass is 19.1. The fourth-order valence-electron chi connectivity index (χ4n) is 1.89. The number of aliphatic carboxylic acids is 1. The molecule has 1 heterocycles. The highest BCUT2D eigenvalue weighted by Gasteiger charge is 2.08. The Morgan fingerprint density at radius 1 is 1.37 bits per heavy atom. The summed E-state index contributed by atoms with van der Waals surface area (Å²) in [5.41, 5.74) is 2.85. The summed E-state index contributed by atoms with van der Waals surface area (Å²) in [5, 5.41) is 13.0. The molecule has 4 nitrogen and oxygen atoms in total. The van der Waals surface area contributed by atoms with E-state index in [2.05, 4.69) is 5.10 Å². The number of hydrogen-bond donors (Lipinski definition) is 1. The summed E-state index contributed by atoms with van der Waals surface area (Å²) in [6.45, 7) is 3.74. The standard InChI is InChI=1S/C14H13FN2O2/c1-9-7-10(2)17(16-9)13-5-4-12(15)8-11(13)3-6-14(18)19/h3-8H,1-2H3,(H,18,19)/b6-3+. The van der Waals surface area contributed by atoms with E-state index in [1.165, 1.54) is 18.2 Å². The number of aromatic nitrogens is 2. The van der Waals surface area contributed by atoms with Crippen LogP contribution < -0.4 is 0 Å². The highest BCUT2D eigenvalue weighted by Crippen LogP contribution is 2.19. The predicted molar refractivity (Wildman–Crippen MR) is 69.7 cm³/mol. The van der Waals surface area contributed by atoms with E-state index in [-0.39, 0.29) is 0 Å². The van der Waals surface area contributed by atoms with Crippen LogP contribution in [0.4, 0.5) is 4.39 Å². The van der Waals surface area contributed by atoms with Crippen molar-refractivity contribution in [2.75, 3.05) is 0 Å². The Balaban J connectivity index is 2.57. The molecule has 0 unspecified atom stereocenters. The van der Waals surface area contributed by atoms with Crippen LogP contribution >= 0.6 is 0 Å². The van der Waals surface area contributed by atoms with Crippen molar-refractivity contribution in [1.82, 2.24) is 9.78 Å². The molecule has 0 fully saturated rings. The molecule has 0 atom stereocenters.